The smallest absolute Gasteiger partial charge is 0.313 e. The summed E-state index contributed by atoms with van der Waals surface area (Å²) in [5, 5.41) is 17.3. The summed E-state index contributed by atoms with van der Waals surface area (Å²) in [5.41, 5.74) is 5.89. The summed E-state index contributed by atoms with van der Waals surface area (Å²) in [4.78, 5) is 10.7. The SMILES string of the molecule is CC1CCCC(n2c(N)nnc2SCC(=O)O)CC1. The van der Waals surface area contributed by atoms with Crippen molar-refractivity contribution in [1.82, 2.24) is 14.8 Å². The highest BCUT2D eigenvalue weighted by molar-refractivity contribution is 7.99. The minimum absolute atomic E-state index is 0.0126. The molecule has 19 heavy (non-hydrogen) atoms. The predicted molar refractivity (Wildman–Crippen MR) is 74.1 cm³/mol. The van der Waals surface area contributed by atoms with E-state index < -0.39 is 5.97 Å². The van der Waals surface area contributed by atoms with Crippen molar-refractivity contribution in [1.29, 1.82) is 0 Å². The lowest BCUT2D eigenvalue weighted by Gasteiger charge is -2.18. The third kappa shape index (κ3) is 3.62. The van der Waals surface area contributed by atoms with Crippen LogP contribution in [0.4, 0.5) is 5.95 Å². The molecule has 1 fully saturated rings. The van der Waals surface area contributed by atoms with E-state index in [1.54, 1.807) is 0 Å². The van der Waals surface area contributed by atoms with Crippen molar-refractivity contribution in [2.24, 2.45) is 5.92 Å². The molecule has 2 rings (SSSR count). The zero-order valence-corrected chi connectivity index (χ0v) is 11.9. The number of hydrogen-bond acceptors (Lipinski definition) is 5. The van der Waals surface area contributed by atoms with Gasteiger partial charge in [0.05, 0.1) is 5.75 Å². The van der Waals surface area contributed by atoms with Crippen molar-refractivity contribution in [2.75, 3.05) is 11.5 Å². The first-order valence-corrected chi connectivity index (χ1v) is 7.61. The van der Waals surface area contributed by atoms with Gasteiger partial charge >= 0.3 is 5.97 Å². The summed E-state index contributed by atoms with van der Waals surface area (Å²) in [7, 11) is 0. The first-order valence-electron chi connectivity index (χ1n) is 6.63. The number of nitrogen functional groups attached to an aromatic ring is 1. The van der Waals surface area contributed by atoms with Gasteiger partial charge in [-0.1, -0.05) is 31.5 Å². The van der Waals surface area contributed by atoms with Gasteiger partial charge in [0, 0.05) is 6.04 Å². The summed E-state index contributed by atoms with van der Waals surface area (Å²) in [6, 6.07) is 0.302. The van der Waals surface area contributed by atoms with E-state index in [0.29, 0.717) is 17.1 Å². The molecule has 2 atom stereocenters. The number of carbonyl (C=O) groups is 1. The van der Waals surface area contributed by atoms with Gasteiger partial charge in [0.25, 0.3) is 0 Å². The van der Waals surface area contributed by atoms with Crippen molar-refractivity contribution < 1.29 is 9.90 Å². The summed E-state index contributed by atoms with van der Waals surface area (Å²) < 4.78 is 1.92. The lowest BCUT2D eigenvalue weighted by Crippen LogP contribution is -2.13. The fraction of sp³-hybridized carbons (Fsp3) is 0.750. The van der Waals surface area contributed by atoms with E-state index in [1.807, 2.05) is 4.57 Å². The number of aliphatic carboxylic acids is 1. The maximum atomic E-state index is 10.7. The summed E-state index contributed by atoms with van der Waals surface area (Å²) in [6.07, 6.45) is 5.71. The predicted octanol–water partition coefficient (Wildman–Crippen LogP) is 2.18. The second-order valence-electron chi connectivity index (χ2n) is 5.16. The van der Waals surface area contributed by atoms with Crippen LogP contribution in [0.5, 0.6) is 0 Å². The van der Waals surface area contributed by atoms with Gasteiger partial charge < -0.3 is 10.8 Å². The molecule has 2 unspecified atom stereocenters. The van der Waals surface area contributed by atoms with Gasteiger partial charge in [-0.05, 0) is 25.2 Å². The van der Waals surface area contributed by atoms with Crippen LogP contribution in [0.1, 0.15) is 45.1 Å². The van der Waals surface area contributed by atoms with Crippen LogP contribution in [0.15, 0.2) is 5.16 Å². The molecule has 1 aliphatic carbocycles. The van der Waals surface area contributed by atoms with Crippen molar-refractivity contribution in [3.05, 3.63) is 0 Å². The van der Waals surface area contributed by atoms with Gasteiger partial charge in [0.2, 0.25) is 5.95 Å². The van der Waals surface area contributed by atoms with Crippen molar-refractivity contribution >= 4 is 23.7 Å². The number of carboxylic acids is 1. The van der Waals surface area contributed by atoms with E-state index in [2.05, 4.69) is 17.1 Å². The monoisotopic (exact) mass is 284 g/mol. The molecule has 1 aromatic rings. The largest absolute Gasteiger partial charge is 0.481 e. The van der Waals surface area contributed by atoms with Crippen LogP contribution < -0.4 is 5.73 Å². The van der Waals surface area contributed by atoms with E-state index in [4.69, 9.17) is 10.8 Å². The molecule has 1 saturated carbocycles. The van der Waals surface area contributed by atoms with Gasteiger partial charge in [0.1, 0.15) is 0 Å². The van der Waals surface area contributed by atoms with Crippen molar-refractivity contribution in [2.45, 2.75) is 50.2 Å². The number of hydrogen-bond donors (Lipinski definition) is 2. The minimum atomic E-state index is -0.854. The van der Waals surface area contributed by atoms with Gasteiger partial charge in [-0.3, -0.25) is 9.36 Å². The average Bonchev–Trinajstić information content (AvgIpc) is 2.58. The van der Waals surface area contributed by atoms with Gasteiger partial charge in [-0.2, -0.15) is 0 Å². The van der Waals surface area contributed by atoms with Crippen molar-refractivity contribution in [3.63, 3.8) is 0 Å². The molecular formula is C12H20N4O2S. The van der Waals surface area contributed by atoms with E-state index in [0.717, 1.165) is 18.8 Å². The summed E-state index contributed by atoms with van der Waals surface area (Å²) >= 11 is 1.19. The molecule has 1 aromatic heterocycles. The fourth-order valence-corrected chi connectivity index (χ4v) is 3.31. The topological polar surface area (TPSA) is 94.0 Å². The van der Waals surface area contributed by atoms with Crippen LogP contribution in [0.2, 0.25) is 0 Å². The highest BCUT2D eigenvalue weighted by Crippen LogP contribution is 2.34. The molecule has 0 bridgehead atoms. The van der Waals surface area contributed by atoms with Gasteiger partial charge in [-0.15, -0.1) is 10.2 Å². The quantitative estimate of drug-likeness (QED) is 0.650. The molecule has 0 saturated heterocycles. The van der Waals surface area contributed by atoms with E-state index in [9.17, 15) is 4.79 Å². The number of rotatable bonds is 4. The molecule has 0 aliphatic heterocycles. The Labute approximate surface area is 116 Å². The third-order valence-electron chi connectivity index (χ3n) is 3.61. The number of anilines is 1. The standard InChI is InChI=1S/C12H20N4O2S/c1-8-3-2-4-9(6-5-8)16-11(13)14-15-12(16)19-7-10(17)18/h8-9H,2-7H2,1H3,(H2,13,14)(H,17,18). The second-order valence-corrected chi connectivity index (χ2v) is 6.10. The molecule has 0 radical (unpaired) electrons. The lowest BCUT2D eigenvalue weighted by atomic mass is 10.0. The third-order valence-corrected chi connectivity index (χ3v) is 4.54. The molecule has 3 N–H and O–H groups in total. The van der Waals surface area contributed by atoms with E-state index >= 15 is 0 Å². The van der Waals surface area contributed by atoms with Crippen LogP contribution in [0, 0.1) is 5.92 Å². The normalized spacial score (nSPS) is 24.1. The Hall–Kier alpha value is -1.24. The Morgan fingerprint density at radius 1 is 1.42 bits per heavy atom. The molecule has 7 heteroatoms. The zero-order valence-electron chi connectivity index (χ0n) is 11.1. The van der Waals surface area contributed by atoms with Gasteiger partial charge in [-0.25, -0.2) is 0 Å². The van der Waals surface area contributed by atoms with Crippen LogP contribution in [0.3, 0.4) is 0 Å². The number of nitrogens with two attached hydrogens (primary N) is 1. The maximum Gasteiger partial charge on any atom is 0.313 e. The van der Waals surface area contributed by atoms with Gasteiger partial charge in [0.15, 0.2) is 5.16 Å². The van der Waals surface area contributed by atoms with Crippen LogP contribution in [0.25, 0.3) is 0 Å². The average molecular weight is 284 g/mol. The number of carboxylic acid groups (broad SMARTS) is 1. The molecule has 1 aliphatic rings. The van der Waals surface area contributed by atoms with E-state index in [-0.39, 0.29) is 5.75 Å². The van der Waals surface area contributed by atoms with E-state index in [1.165, 1.54) is 31.0 Å². The van der Waals surface area contributed by atoms with Crippen LogP contribution in [-0.4, -0.2) is 31.6 Å². The number of nitrogens with zero attached hydrogens (tertiary/aromatic N) is 3. The molecule has 6 nitrogen and oxygen atoms in total. The highest BCUT2D eigenvalue weighted by atomic mass is 32.2. The fourth-order valence-electron chi connectivity index (χ4n) is 2.58. The van der Waals surface area contributed by atoms with Crippen LogP contribution >= 0.6 is 11.8 Å². The summed E-state index contributed by atoms with van der Waals surface area (Å²) in [6.45, 7) is 2.28. The number of thioether (sulfide) groups is 1. The Kier molecular flexibility index (Phi) is 4.68. The minimum Gasteiger partial charge on any atom is -0.481 e. The van der Waals surface area contributed by atoms with Crippen molar-refractivity contribution in [3.8, 4) is 0 Å². The van der Waals surface area contributed by atoms with Crippen LogP contribution in [-0.2, 0) is 4.79 Å². The Morgan fingerprint density at radius 2 is 2.21 bits per heavy atom. The molecule has 0 spiro atoms. The second kappa shape index (κ2) is 6.27. The summed E-state index contributed by atoms with van der Waals surface area (Å²) in [5.74, 6) is 0.277. The molecule has 106 valence electrons. The highest BCUT2D eigenvalue weighted by Gasteiger charge is 2.23. The molecule has 1 heterocycles. The first kappa shape index (κ1) is 14.2. The Morgan fingerprint density at radius 3 is 2.95 bits per heavy atom. The lowest BCUT2D eigenvalue weighted by molar-refractivity contribution is -0.133. The number of aromatic nitrogens is 3. The first-order chi connectivity index (χ1) is 9.08. The molecular weight excluding hydrogens is 264 g/mol. The zero-order chi connectivity index (χ0) is 13.8. The molecule has 0 aromatic carbocycles. The Balaban J connectivity index is 2.13. The maximum absolute atomic E-state index is 10.7. The molecule has 0 amide bonds. The Bertz CT molecular complexity index is 449.